The highest BCUT2D eigenvalue weighted by molar-refractivity contribution is 6.42. The maximum atomic E-state index is 13.9. The van der Waals surface area contributed by atoms with Crippen LogP contribution in [0, 0.1) is 6.92 Å². The van der Waals surface area contributed by atoms with E-state index >= 15 is 0 Å². The molecule has 1 aliphatic rings. The van der Waals surface area contributed by atoms with E-state index in [1.807, 2.05) is 90.7 Å². The Morgan fingerprint density at radius 3 is 2.24 bits per heavy atom. The minimum Gasteiger partial charge on any atom is -0.342 e. The van der Waals surface area contributed by atoms with Crippen LogP contribution < -0.4 is 9.80 Å². The molecule has 164 valence electrons. The number of rotatable bonds is 4. The topological polar surface area (TPSA) is 23.6 Å². The highest BCUT2D eigenvalue weighted by Crippen LogP contribution is 2.45. The minimum atomic E-state index is -0.471. The van der Waals surface area contributed by atoms with E-state index in [-0.39, 0.29) is 5.91 Å². The van der Waals surface area contributed by atoms with E-state index in [9.17, 15) is 4.79 Å². The van der Waals surface area contributed by atoms with Crippen LogP contribution in [0.1, 0.15) is 33.2 Å². The van der Waals surface area contributed by atoms with Gasteiger partial charge in [-0.1, -0.05) is 95.5 Å². The van der Waals surface area contributed by atoms with E-state index in [1.54, 1.807) is 6.07 Å². The van der Waals surface area contributed by atoms with Gasteiger partial charge in [-0.05, 0) is 42.8 Å². The van der Waals surface area contributed by atoms with Gasteiger partial charge in [0.2, 0.25) is 0 Å². The number of benzene rings is 4. The van der Waals surface area contributed by atoms with E-state index in [0.29, 0.717) is 22.2 Å². The number of nitrogens with zero attached hydrogens (tertiary/aromatic N) is 2. The molecule has 4 aromatic carbocycles. The van der Waals surface area contributed by atoms with E-state index in [2.05, 4.69) is 17.0 Å². The van der Waals surface area contributed by atoms with Gasteiger partial charge in [0.15, 0.2) is 0 Å². The molecule has 5 heteroatoms. The molecule has 1 amide bonds. The molecule has 0 saturated carbocycles. The number of para-hydroxylation sites is 1. The molecule has 0 radical (unpaired) electrons. The maximum Gasteiger partial charge on any atom is 0.262 e. The third kappa shape index (κ3) is 3.99. The van der Waals surface area contributed by atoms with Gasteiger partial charge in [0.1, 0.15) is 6.17 Å². The molecule has 0 bridgehead atoms. The number of aryl methyl sites for hydroxylation is 1. The lowest BCUT2D eigenvalue weighted by Gasteiger charge is -2.46. The maximum absolute atomic E-state index is 13.9. The summed E-state index contributed by atoms with van der Waals surface area (Å²) in [5.41, 5.74) is 5.37. The fraction of sp³-hybridized carbons (Fsp3) is 0.107. The Bertz CT molecular complexity index is 1310. The summed E-state index contributed by atoms with van der Waals surface area (Å²) in [5, 5.41) is 0.913. The van der Waals surface area contributed by atoms with Crippen LogP contribution in [0.25, 0.3) is 0 Å². The Morgan fingerprint density at radius 2 is 1.48 bits per heavy atom. The second-order valence-electron chi connectivity index (χ2n) is 8.16. The monoisotopic (exact) mass is 472 g/mol. The predicted octanol–water partition coefficient (Wildman–Crippen LogP) is 7.67. The molecule has 0 unspecified atom stereocenters. The summed E-state index contributed by atoms with van der Waals surface area (Å²) >= 11 is 13.2. The zero-order chi connectivity index (χ0) is 22.9. The molecule has 0 saturated heterocycles. The summed E-state index contributed by atoms with van der Waals surface area (Å²) in [6, 6.07) is 31.5. The fourth-order valence-corrected chi connectivity index (χ4v) is 4.76. The number of carbonyl (C=O) groups excluding carboxylic acids is 1. The van der Waals surface area contributed by atoms with Gasteiger partial charge in [-0.2, -0.15) is 0 Å². The lowest BCUT2D eigenvalue weighted by atomic mass is 9.99. The van der Waals surface area contributed by atoms with Crippen molar-refractivity contribution >= 4 is 40.5 Å². The highest BCUT2D eigenvalue weighted by Gasteiger charge is 2.40. The number of anilines is 2. The van der Waals surface area contributed by atoms with Crippen molar-refractivity contribution in [3.8, 4) is 0 Å². The van der Waals surface area contributed by atoms with Crippen LogP contribution in [0.15, 0.2) is 97.1 Å². The largest absolute Gasteiger partial charge is 0.342 e. The quantitative estimate of drug-likeness (QED) is 0.304. The van der Waals surface area contributed by atoms with Gasteiger partial charge < -0.3 is 4.90 Å². The first kappa shape index (κ1) is 21.6. The number of hydrogen-bond donors (Lipinski definition) is 0. The molecule has 0 N–H and O–H groups in total. The summed E-state index contributed by atoms with van der Waals surface area (Å²) in [7, 11) is 0. The van der Waals surface area contributed by atoms with Crippen LogP contribution >= 0.6 is 23.2 Å². The zero-order valence-electron chi connectivity index (χ0n) is 18.1. The number of hydrogen-bond acceptors (Lipinski definition) is 2. The Balaban J connectivity index is 1.76. The van der Waals surface area contributed by atoms with Crippen molar-refractivity contribution in [3.63, 3.8) is 0 Å². The molecule has 0 aliphatic carbocycles. The molecular formula is C28H22Cl2N2O. The Morgan fingerprint density at radius 1 is 0.788 bits per heavy atom. The molecule has 33 heavy (non-hydrogen) atoms. The van der Waals surface area contributed by atoms with Gasteiger partial charge in [0, 0.05) is 17.8 Å². The van der Waals surface area contributed by atoms with Gasteiger partial charge in [0.25, 0.3) is 5.91 Å². The van der Waals surface area contributed by atoms with Crippen molar-refractivity contribution in [1.29, 1.82) is 0 Å². The van der Waals surface area contributed by atoms with Crippen molar-refractivity contribution in [1.82, 2.24) is 0 Å². The van der Waals surface area contributed by atoms with Crippen LogP contribution in [-0.4, -0.2) is 5.91 Å². The predicted molar refractivity (Wildman–Crippen MR) is 136 cm³/mol. The van der Waals surface area contributed by atoms with Crippen molar-refractivity contribution in [2.45, 2.75) is 19.6 Å². The number of halogens is 2. The SMILES string of the molecule is Cc1ccc(N2C(=O)c3ccccc3N(Cc3ccccc3)[C@@H]2c2cccc(Cl)c2Cl)cc1. The van der Waals surface area contributed by atoms with E-state index in [4.69, 9.17) is 23.2 Å². The second-order valence-corrected chi connectivity index (χ2v) is 8.94. The third-order valence-electron chi connectivity index (χ3n) is 5.97. The third-order valence-corrected chi connectivity index (χ3v) is 6.80. The minimum absolute atomic E-state index is 0.0696. The van der Waals surface area contributed by atoms with Gasteiger partial charge in [-0.25, -0.2) is 0 Å². The summed E-state index contributed by atoms with van der Waals surface area (Å²) in [6.45, 7) is 2.63. The summed E-state index contributed by atoms with van der Waals surface area (Å²) in [4.78, 5) is 18.0. The molecule has 1 atom stereocenters. The number of fused-ring (bicyclic) bond motifs is 1. The molecule has 0 fully saturated rings. The number of carbonyl (C=O) groups is 1. The summed E-state index contributed by atoms with van der Waals surface area (Å²) < 4.78 is 0. The van der Waals surface area contributed by atoms with E-state index in [1.165, 1.54) is 0 Å². The first-order valence-electron chi connectivity index (χ1n) is 10.8. The smallest absolute Gasteiger partial charge is 0.262 e. The van der Waals surface area contributed by atoms with Gasteiger partial charge in [0.05, 0.1) is 21.3 Å². The van der Waals surface area contributed by atoms with Crippen LogP contribution in [-0.2, 0) is 6.54 Å². The Kier molecular flexibility index (Phi) is 5.84. The normalized spacial score (nSPS) is 15.5. The van der Waals surface area contributed by atoms with E-state index < -0.39 is 6.17 Å². The van der Waals surface area contributed by atoms with Crippen LogP contribution in [0.5, 0.6) is 0 Å². The lowest BCUT2D eigenvalue weighted by Crippen LogP contribution is -2.49. The molecular weight excluding hydrogens is 451 g/mol. The molecule has 1 aliphatic heterocycles. The fourth-order valence-electron chi connectivity index (χ4n) is 4.36. The molecule has 1 heterocycles. The van der Waals surface area contributed by atoms with Crippen LogP contribution in [0.4, 0.5) is 11.4 Å². The molecule has 0 aromatic heterocycles. The highest BCUT2D eigenvalue weighted by atomic mass is 35.5. The first-order chi connectivity index (χ1) is 16.0. The van der Waals surface area contributed by atoms with Gasteiger partial charge >= 0.3 is 0 Å². The average molecular weight is 473 g/mol. The number of amides is 1. The standard InChI is InChI=1S/C28H22Cl2N2O/c1-19-14-16-21(17-15-19)32-27(23-11-7-12-24(29)26(23)30)31(18-20-8-3-2-4-9-20)25-13-6-5-10-22(25)28(32)33/h2-17,27H,18H2,1H3/t27-/m0/s1. The van der Waals surface area contributed by atoms with Crippen molar-refractivity contribution < 1.29 is 4.79 Å². The molecule has 3 nitrogen and oxygen atoms in total. The van der Waals surface area contributed by atoms with Crippen molar-refractivity contribution in [2.75, 3.05) is 9.80 Å². The van der Waals surface area contributed by atoms with Gasteiger partial charge in [-0.15, -0.1) is 0 Å². The summed E-state index contributed by atoms with van der Waals surface area (Å²) in [6.07, 6.45) is -0.471. The Labute approximate surface area is 203 Å². The van der Waals surface area contributed by atoms with Gasteiger partial charge in [-0.3, -0.25) is 9.69 Å². The molecule has 4 aromatic rings. The van der Waals surface area contributed by atoms with Crippen LogP contribution in [0.3, 0.4) is 0 Å². The average Bonchev–Trinajstić information content (AvgIpc) is 2.84. The molecule has 0 spiro atoms. The first-order valence-corrected chi connectivity index (χ1v) is 11.5. The zero-order valence-corrected chi connectivity index (χ0v) is 19.6. The lowest BCUT2D eigenvalue weighted by molar-refractivity contribution is 0.0968. The Hall–Kier alpha value is -3.27. The molecule has 5 rings (SSSR count). The van der Waals surface area contributed by atoms with Crippen molar-refractivity contribution in [2.24, 2.45) is 0 Å². The second kappa shape index (κ2) is 8.93. The summed E-state index contributed by atoms with van der Waals surface area (Å²) in [5.74, 6) is -0.0696. The van der Waals surface area contributed by atoms with Crippen LogP contribution in [0.2, 0.25) is 10.0 Å². The van der Waals surface area contributed by atoms with Crippen molar-refractivity contribution in [3.05, 3.63) is 129 Å². The van der Waals surface area contributed by atoms with E-state index in [0.717, 1.165) is 28.1 Å².